The zero-order chi connectivity index (χ0) is 13.9. The molecule has 1 aliphatic carbocycles. The molecule has 0 aromatic heterocycles. The average Bonchev–Trinajstić information content (AvgIpc) is 2.42. The van der Waals surface area contributed by atoms with Gasteiger partial charge in [-0.15, -0.1) is 0 Å². The Morgan fingerprint density at radius 3 is 2.53 bits per heavy atom. The molecule has 2 atom stereocenters. The van der Waals surface area contributed by atoms with Crippen LogP contribution >= 0.6 is 0 Å². The molecule has 4 heteroatoms. The van der Waals surface area contributed by atoms with E-state index in [1.807, 2.05) is 0 Å². The van der Waals surface area contributed by atoms with Crippen molar-refractivity contribution in [1.29, 1.82) is 0 Å². The molecule has 1 saturated carbocycles. The third-order valence-electron chi connectivity index (χ3n) is 5.12. The van der Waals surface area contributed by atoms with Gasteiger partial charge in [0.1, 0.15) is 0 Å². The Bertz CT molecular complexity index is 273. The van der Waals surface area contributed by atoms with Crippen molar-refractivity contribution >= 4 is 0 Å². The van der Waals surface area contributed by atoms with Gasteiger partial charge in [0.2, 0.25) is 0 Å². The van der Waals surface area contributed by atoms with Crippen LogP contribution in [0.4, 0.5) is 0 Å². The van der Waals surface area contributed by atoms with Gasteiger partial charge in [-0.1, -0.05) is 26.7 Å². The summed E-state index contributed by atoms with van der Waals surface area (Å²) >= 11 is 0. The molecule has 0 amide bonds. The molecule has 0 aromatic carbocycles. The highest BCUT2D eigenvalue weighted by Crippen LogP contribution is 2.36. The maximum absolute atomic E-state index is 6.15. The summed E-state index contributed by atoms with van der Waals surface area (Å²) in [6.07, 6.45) is 5.18. The van der Waals surface area contributed by atoms with Gasteiger partial charge in [-0.25, -0.2) is 10.4 Å². The Morgan fingerprint density at radius 1 is 1.26 bits per heavy atom. The number of nitrogens with two attached hydrogens (primary N) is 1. The Kier molecular flexibility index (Phi) is 5.23. The number of nitrogens with one attached hydrogen (secondary N) is 1. The molecule has 1 saturated heterocycles. The zero-order valence-electron chi connectivity index (χ0n) is 13.0. The van der Waals surface area contributed by atoms with Gasteiger partial charge in [0.15, 0.2) is 0 Å². The number of nitrogens with zero attached hydrogens (tertiary/aromatic N) is 2. The second kappa shape index (κ2) is 6.53. The summed E-state index contributed by atoms with van der Waals surface area (Å²) in [5, 5.41) is 2.41. The number of piperazine rings is 1. The van der Waals surface area contributed by atoms with Gasteiger partial charge in [-0.2, -0.15) is 0 Å². The Morgan fingerprint density at radius 2 is 1.95 bits per heavy atom. The lowest BCUT2D eigenvalue weighted by Gasteiger charge is -2.46. The van der Waals surface area contributed by atoms with E-state index < -0.39 is 0 Å². The average molecular weight is 268 g/mol. The van der Waals surface area contributed by atoms with Crippen molar-refractivity contribution in [2.75, 3.05) is 39.8 Å². The van der Waals surface area contributed by atoms with Crippen molar-refractivity contribution in [3.63, 3.8) is 0 Å². The molecule has 0 aromatic rings. The molecular formula is C15H32N4. The molecule has 1 heterocycles. The largest absolute Gasteiger partial charge is 0.329 e. The smallest absolute Gasteiger partial charge is 0.0450 e. The predicted octanol–water partition coefficient (Wildman–Crippen LogP) is 1.28. The van der Waals surface area contributed by atoms with Gasteiger partial charge in [-0.05, 0) is 31.7 Å². The monoisotopic (exact) mass is 268 g/mol. The second-order valence-corrected chi connectivity index (χ2v) is 6.99. The summed E-state index contributed by atoms with van der Waals surface area (Å²) in [5.41, 5.74) is 10.1. The predicted molar refractivity (Wildman–Crippen MR) is 80.8 cm³/mol. The normalized spacial score (nSPS) is 34.9. The molecule has 4 nitrogen and oxygen atoms in total. The molecule has 112 valence electrons. The quantitative estimate of drug-likeness (QED) is 0.806. The molecule has 0 bridgehead atoms. The zero-order valence-corrected chi connectivity index (χ0v) is 13.0. The van der Waals surface area contributed by atoms with Crippen molar-refractivity contribution < 1.29 is 0 Å². The maximum Gasteiger partial charge on any atom is 0.0450 e. The second-order valence-electron chi connectivity index (χ2n) is 6.99. The number of likely N-dealkylation sites (N-methyl/N-ethyl adjacent to an activating group) is 1. The van der Waals surface area contributed by atoms with Gasteiger partial charge in [-0.3, -0.25) is 0 Å². The lowest BCUT2D eigenvalue weighted by molar-refractivity contribution is 0.0233. The van der Waals surface area contributed by atoms with Crippen LogP contribution in [0.3, 0.4) is 0 Å². The van der Waals surface area contributed by atoms with E-state index >= 15 is 0 Å². The minimum Gasteiger partial charge on any atom is -0.329 e. The first-order chi connectivity index (χ1) is 9.04. The van der Waals surface area contributed by atoms with Crippen LogP contribution in [-0.2, 0) is 0 Å². The molecule has 2 fully saturated rings. The van der Waals surface area contributed by atoms with Crippen LogP contribution in [0.25, 0.3) is 0 Å². The lowest BCUT2D eigenvalue weighted by Crippen LogP contribution is -2.63. The highest BCUT2D eigenvalue weighted by Gasteiger charge is 2.37. The fraction of sp³-hybridized carbons (Fsp3) is 1.00. The van der Waals surface area contributed by atoms with Crippen LogP contribution < -0.4 is 11.2 Å². The minimum absolute atomic E-state index is 0.156. The fourth-order valence-corrected chi connectivity index (χ4v) is 3.56. The Hall–Kier alpha value is -0.160. The summed E-state index contributed by atoms with van der Waals surface area (Å²) in [6, 6.07) is 0. The van der Waals surface area contributed by atoms with E-state index in [1.54, 1.807) is 0 Å². The Labute approximate surface area is 118 Å². The van der Waals surface area contributed by atoms with Crippen LogP contribution in [0.15, 0.2) is 0 Å². The summed E-state index contributed by atoms with van der Waals surface area (Å²) in [4.78, 5) is 2.39. The minimum atomic E-state index is 0.156. The van der Waals surface area contributed by atoms with E-state index in [1.165, 1.54) is 25.7 Å². The Balaban J connectivity index is 1.93. The molecule has 2 unspecified atom stereocenters. The van der Waals surface area contributed by atoms with Crippen LogP contribution in [0, 0.1) is 11.8 Å². The first-order valence-electron chi connectivity index (χ1n) is 7.96. The van der Waals surface area contributed by atoms with Gasteiger partial charge >= 0.3 is 0 Å². The number of hydrogen-bond acceptors (Lipinski definition) is 4. The SMILES string of the molecule is CC(C)C1CCCC(CN)(NN2CCN(C)CC2)C1. The number of hydrogen-bond donors (Lipinski definition) is 2. The summed E-state index contributed by atoms with van der Waals surface area (Å²) in [6.45, 7) is 10.0. The number of hydrazine groups is 1. The third-order valence-corrected chi connectivity index (χ3v) is 5.12. The van der Waals surface area contributed by atoms with E-state index in [9.17, 15) is 0 Å². The number of rotatable bonds is 4. The van der Waals surface area contributed by atoms with E-state index in [4.69, 9.17) is 5.73 Å². The molecule has 0 spiro atoms. The summed E-state index contributed by atoms with van der Waals surface area (Å²) < 4.78 is 0. The van der Waals surface area contributed by atoms with Crippen molar-refractivity contribution in [3.05, 3.63) is 0 Å². The lowest BCUT2D eigenvalue weighted by atomic mass is 9.72. The molecule has 2 rings (SSSR count). The van der Waals surface area contributed by atoms with Crippen molar-refractivity contribution in [2.45, 2.75) is 45.1 Å². The molecule has 0 radical (unpaired) electrons. The molecule has 2 aliphatic rings. The molecule has 1 aliphatic heterocycles. The molecular weight excluding hydrogens is 236 g/mol. The van der Waals surface area contributed by atoms with Crippen molar-refractivity contribution in [1.82, 2.24) is 15.3 Å². The fourth-order valence-electron chi connectivity index (χ4n) is 3.56. The van der Waals surface area contributed by atoms with E-state index in [0.717, 1.165) is 44.6 Å². The van der Waals surface area contributed by atoms with E-state index in [2.05, 4.69) is 36.2 Å². The molecule has 3 N–H and O–H groups in total. The van der Waals surface area contributed by atoms with Gasteiger partial charge < -0.3 is 10.6 Å². The van der Waals surface area contributed by atoms with Gasteiger partial charge in [0.05, 0.1) is 0 Å². The highest BCUT2D eigenvalue weighted by atomic mass is 15.5. The summed E-state index contributed by atoms with van der Waals surface area (Å²) in [5.74, 6) is 1.61. The third kappa shape index (κ3) is 3.91. The first-order valence-corrected chi connectivity index (χ1v) is 7.96. The van der Waals surface area contributed by atoms with Crippen LogP contribution in [-0.4, -0.2) is 55.2 Å². The summed E-state index contributed by atoms with van der Waals surface area (Å²) in [7, 11) is 2.20. The van der Waals surface area contributed by atoms with Gasteiger partial charge in [0, 0.05) is 38.3 Å². The first kappa shape index (κ1) is 15.2. The van der Waals surface area contributed by atoms with Crippen LogP contribution in [0.5, 0.6) is 0 Å². The van der Waals surface area contributed by atoms with Crippen molar-refractivity contribution in [3.8, 4) is 0 Å². The van der Waals surface area contributed by atoms with E-state index in [0.29, 0.717) is 0 Å². The topological polar surface area (TPSA) is 44.5 Å². The van der Waals surface area contributed by atoms with Crippen molar-refractivity contribution in [2.24, 2.45) is 17.6 Å². The van der Waals surface area contributed by atoms with E-state index in [-0.39, 0.29) is 5.54 Å². The van der Waals surface area contributed by atoms with Crippen LogP contribution in [0.1, 0.15) is 39.5 Å². The van der Waals surface area contributed by atoms with Gasteiger partial charge in [0.25, 0.3) is 0 Å². The molecule has 19 heavy (non-hydrogen) atoms. The highest BCUT2D eigenvalue weighted by molar-refractivity contribution is 4.95. The standard InChI is InChI=1S/C15H32N4/c1-13(2)14-5-4-6-15(11-14,12-16)17-19-9-7-18(3)8-10-19/h13-14,17H,4-12,16H2,1-3H3. The van der Waals surface area contributed by atoms with Crippen LogP contribution in [0.2, 0.25) is 0 Å². The maximum atomic E-state index is 6.15.